The van der Waals surface area contributed by atoms with Gasteiger partial charge in [-0.05, 0) is 73.3 Å². The highest BCUT2D eigenvalue weighted by molar-refractivity contribution is 6.07. The summed E-state index contributed by atoms with van der Waals surface area (Å²) in [5.41, 5.74) is 2.16. The quantitative estimate of drug-likeness (QED) is 0.273. The fourth-order valence-electron chi connectivity index (χ4n) is 5.81. The normalized spacial score (nSPS) is 16.7. The Morgan fingerprint density at radius 2 is 1.39 bits per heavy atom. The van der Waals surface area contributed by atoms with E-state index in [-0.39, 0.29) is 12.4 Å². The topological polar surface area (TPSA) is 73.3 Å². The molecule has 7 heteroatoms. The highest BCUT2D eigenvalue weighted by Gasteiger charge is 2.23. The molecule has 5 rings (SSSR count). The molecule has 0 saturated carbocycles. The van der Waals surface area contributed by atoms with Crippen LogP contribution in [0.1, 0.15) is 54.4 Å². The van der Waals surface area contributed by atoms with Crippen LogP contribution in [0.2, 0.25) is 0 Å². The lowest BCUT2D eigenvalue weighted by molar-refractivity contribution is -0.122. The van der Waals surface area contributed by atoms with Crippen molar-refractivity contribution < 1.29 is 19.4 Å². The van der Waals surface area contributed by atoms with Crippen LogP contribution in [0.5, 0.6) is 5.75 Å². The van der Waals surface area contributed by atoms with Crippen molar-refractivity contribution in [2.75, 3.05) is 59.0 Å². The molecule has 3 aromatic carbocycles. The number of piperazine rings is 1. The molecule has 2 aliphatic rings. The maximum absolute atomic E-state index is 13.2. The van der Waals surface area contributed by atoms with Crippen molar-refractivity contribution in [1.82, 2.24) is 14.7 Å². The summed E-state index contributed by atoms with van der Waals surface area (Å²) in [4.78, 5) is 28.7. The lowest BCUT2D eigenvalue weighted by atomic mass is 10.0. The average Bonchev–Trinajstić information content (AvgIpc) is 3.00. The molecule has 1 N–H and O–H groups in total. The monoisotopic (exact) mass is 559 g/mol. The van der Waals surface area contributed by atoms with Crippen LogP contribution >= 0.6 is 0 Å². The standard InChI is InChI=1S/C33H43N3O2.CH2O2/c37-33(32-13-8-11-29-10-4-5-12-31(29)32)36-25-23-35(24-26-36)22-18-28-14-16-30(17-15-28)38-27-9-21-34-19-6-2-1-3-7-20-34;2-1-3/h4-5,8,10-17H,1-3,6-7,9,18-27H2;1H,(H,2,3). The zero-order valence-corrected chi connectivity index (χ0v) is 24.3. The SMILES string of the molecule is O=C(c1cccc2ccccc12)N1CCN(CCc2ccc(OCCCN3CCCCCCC3)cc2)CC1.O=CO. The van der Waals surface area contributed by atoms with Gasteiger partial charge in [0.05, 0.1) is 6.61 Å². The fraction of sp³-hybridized carbons (Fsp3) is 0.471. The molecule has 0 atom stereocenters. The fourth-order valence-corrected chi connectivity index (χ4v) is 5.81. The Labute approximate surface area is 244 Å². The molecule has 3 aromatic rings. The van der Waals surface area contributed by atoms with Gasteiger partial charge in [-0.1, -0.05) is 67.8 Å². The van der Waals surface area contributed by atoms with E-state index < -0.39 is 0 Å². The number of carbonyl (C=O) groups excluding carboxylic acids is 1. The van der Waals surface area contributed by atoms with Crippen LogP contribution in [0.25, 0.3) is 10.8 Å². The number of carbonyl (C=O) groups is 2. The van der Waals surface area contributed by atoms with Gasteiger partial charge in [0.15, 0.2) is 0 Å². The highest BCUT2D eigenvalue weighted by atomic mass is 16.5. The number of ether oxygens (including phenoxy) is 1. The molecular formula is C34H45N3O4. The average molecular weight is 560 g/mol. The number of carboxylic acid groups (broad SMARTS) is 1. The predicted molar refractivity (Wildman–Crippen MR) is 165 cm³/mol. The van der Waals surface area contributed by atoms with E-state index >= 15 is 0 Å². The third-order valence-corrected chi connectivity index (χ3v) is 8.16. The molecule has 0 radical (unpaired) electrons. The van der Waals surface area contributed by atoms with Crippen LogP contribution in [0, 0.1) is 0 Å². The van der Waals surface area contributed by atoms with Crippen molar-refractivity contribution in [3.05, 3.63) is 77.9 Å². The number of hydrogen-bond acceptors (Lipinski definition) is 5. The summed E-state index contributed by atoms with van der Waals surface area (Å²) in [6, 6.07) is 22.8. The second-order valence-corrected chi connectivity index (χ2v) is 11.0. The van der Waals surface area contributed by atoms with Gasteiger partial charge in [0.1, 0.15) is 5.75 Å². The zero-order valence-electron chi connectivity index (χ0n) is 24.3. The van der Waals surface area contributed by atoms with E-state index in [1.807, 2.05) is 35.2 Å². The maximum Gasteiger partial charge on any atom is 0.290 e. The Hall–Kier alpha value is -3.42. The van der Waals surface area contributed by atoms with Crippen LogP contribution < -0.4 is 4.74 Å². The minimum atomic E-state index is -0.250. The van der Waals surface area contributed by atoms with E-state index in [1.165, 1.54) is 50.8 Å². The number of amides is 1. The van der Waals surface area contributed by atoms with Crippen molar-refractivity contribution in [3.8, 4) is 5.75 Å². The molecule has 0 aliphatic carbocycles. The third kappa shape index (κ3) is 9.58. The number of hydrogen-bond donors (Lipinski definition) is 1. The second kappa shape index (κ2) is 16.7. The van der Waals surface area contributed by atoms with Crippen LogP contribution in [-0.4, -0.2) is 91.2 Å². The molecule has 1 amide bonds. The van der Waals surface area contributed by atoms with Gasteiger partial charge < -0.3 is 19.6 Å². The van der Waals surface area contributed by atoms with E-state index in [0.717, 1.165) is 80.8 Å². The lowest BCUT2D eigenvalue weighted by Gasteiger charge is -2.35. The first-order chi connectivity index (χ1) is 20.2. The number of rotatable bonds is 9. The molecule has 0 spiro atoms. The Morgan fingerprint density at radius 1 is 0.756 bits per heavy atom. The lowest BCUT2D eigenvalue weighted by Crippen LogP contribution is -2.49. The summed E-state index contributed by atoms with van der Waals surface area (Å²) in [7, 11) is 0. The third-order valence-electron chi connectivity index (χ3n) is 8.16. The second-order valence-electron chi connectivity index (χ2n) is 11.0. The Morgan fingerprint density at radius 3 is 2.12 bits per heavy atom. The van der Waals surface area contributed by atoms with Gasteiger partial charge in [0, 0.05) is 44.8 Å². The number of benzene rings is 3. The molecule has 0 unspecified atom stereocenters. The molecule has 2 saturated heterocycles. The van der Waals surface area contributed by atoms with Gasteiger partial charge in [0.25, 0.3) is 12.4 Å². The predicted octanol–water partition coefficient (Wildman–Crippen LogP) is 5.58. The molecule has 2 heterocycles. The summed E-state index contributed by atoms with van der Waals surface area (Å²) < 4.78 is 6.03. The highest BCUT2D eigenvalue weighted by Crippen LogP contribution is 2.21. The minimum Gasteiger partial charge on any atom is -0.494 e. The molecular weight excluding hydrogens is 514 g/mol. The summed E-state index contributed by atoms with van der Waals surface area (Å²) in [6.07, 6.45) is 9.01. The van der Waals surface area contributed by atoms with Crippen molar-refractivity contribution in [1.29, 1.82) is 0 Å². The number of nitrogens with zero attached hydrogens (tertiary/aromatic N) is 3. The molecule has 2 fully saturated rings. The first-order valence-electron chi connectivity index (χ1n) is 15.2. The maximum atomic E-state index is 13.2. The molecule has 41 heavy (non-hydrogen) atoms. The molecule has 0 aromatic heterocycles. The summed E-state index contributed by atoms with van der Waals surface area (Å²) in [5, 5.41) is 9.05. The number of likely N-dealkylation sites (tertiary alicyclic amines) is 1. The van der Waals surface area contributed by atoms with Crippen LogP contribution in [0.3, 0.4) is 0 Å². The van der Waals surface area contributed by atoms with Gasteiger partial charge in [-0.2, -0.15) is 0 Å². The Kier molecular flexibility index (Phi) is 12.5. The van der Waals surface area contributed by atoms with E-state index in [0.29, 0.717) is 0 Å². The molecule has 220 valence electrons. The van der Waals surface area contributed by atoms with Gasteiger partial charge in [-0.25, -0.2) is 0 Å². The van der Waals surface area contributed by atoms with Crippen LogP contribution in [0.15, 0.2) is 66.7 Å². The Bertz CT molecular complexity index is 1190. The minimum absolute atomic E-state index is 0.152. The van der Waals surface area contributed by atoms with Crippen LogP contribution in [0.4, 0.5) is 0 Å². The molecule has 0 bridgehead atoms. The summed E-state index contributed by atoms with van der Waals surface area (Å²) in [6.45, 7) is 8.64. The van der Waals surface area contributed by atoms with Crippen molar-refractivity contribution in [2.45, 2.75) is 44.9 Å². The van der Waals surface area contributed by atoms with E-state index in [2.05, 4.69) is 46.2 Å². The molecule has 7 nitrogen and oxygen atoms in total. The molecule has 2 aliphatic heterocycles. The van der Waals surface area contributed by atoms with Crippen molar-refractivity contribution in [2.24, 2.45) is 0 Å². The van der Waals surface area contributed by atoms with E-state index in [9.17, 15) is 4.79 Å². The largest absolute Gasteiger partial charge is 0.494 e. The first kappa shape index (κ1) is 30.5. The van der Waals surface area contributed by atoms with Crippen molar-refractivity contribution in [3.63, 3.8) is 0 Å². The van der Waals surface area contributed by atoms with Gasteiger partial charge >= 0.3 is 0 Å². The van der Waals surface area contributed by atoms with Crippen LogP contribution in [-0.2, 0) is 11.2 Å². The number of fused-ring (bicyclic) bond motifs is 1. The van der Waals surface area contributed by atoms with Gasteiger partial charge in [0.2, 0.25) is 0 Å². The van der Waals surface area contributed by atoms with E-state index in [1.54, 1.807) is 0 Å². The Balaban J connectivity index is 0.00000124. The zero-order chi connectivity index (χ0) is 28.7. The summed E-state index contributed by atoms with van der Waals surface area (Å²) in [5.74, 6) is 1.13. The van der Waals surface area contributed by atoms with Crippen molar-refractivity contribution >= 4 is 23.2 Å². The van der Waals surface area contributed by atoms with E-state index in [4.69, 9.17) is 14.6 Å². The van der Waals surface area contributed by atoms with Gasteiger partial charge in [-0.15, -0.1) is 0 Å². The smallest absolute Gasteiger partial charge is 0.290 e. The first-order valence-corrected chi connectivity index (χ1v) is 15.2. The van der Waals surface area contributed by atoms with Gasteiger partial charge in [-0.3, -0.25) is 14.5 Å². The summed E-state index contributed by atoms with van der Waals surface area (Å²) >= 11 is 0.